The van der Waals surface area contributed by atoms with E-state index in [9.17, 15) is 4.79 Å². The number of rotatable bonds is 5. The highest BCUT2D eigenvalue weighted by Gasteiger charge is 2.41. The van der Waals surface area contributed by atoms with Crippen LogP contribution in [0.15, 0.2) is 42.5 Å². The van der Waals surface area contributed by atoms with Crippen LogP contribution in [0.25, 0.3) is 0 Å². The summed E-state index contributed by atoms with van der Waals surface area (Å²) in [6.07, 6.45) is 1.30. The molecule has 0 aliphatic carbocycles. The lowest BCUT2D eigenvalue weighted by atomic mass is 9.73. The van der Waals surface area contributed by atoms with E-state index in [1.54, 1.807) is 0 Å². The molecule has 4 nitrogen and oxygen atoms in total. The Bertz CT molecular complexity index is 767. The predicted molar refractivity (Wildman–Crippen MR) is 104 cm³/mol. The van der Waals surface area contributed by atoms with E-state index in [1.165, 1.54) is 0 Å². The van der Waals surface area contributed by atoms with Crippen molar-refractivity contribution in [1.82, 2.24) is 0 Å². The number of amides is 1. The Kier molecular flexibility index (Phi) is 5.84. The zero-order valence-electron chi connectivity index (χ0n) is 15.2. The summed E-state index contributed by atoms with van der Waals surface area (Å²) in [5, 5.41) is 3.76. The van der Waals surface area contributed by atoms with Gasteiger partial charge in [-0.15, -0.1) is 0 Å². The summed E-state index contributed by atoms with van der Waals surface area (Å²) in [4.78, 5) is 13.3. The molecular formula is C21H24ClNO3. The van der Waals surface area contributed by atoms with Gasteiger partial charge in [0, 0.05) is 23.9 Å². The standard InChI is InChI=1S/C21H24ClNO3/c1-3-26-19-9-8-18(14-15(19)2)23-20(24)21(10-12-25-13-11-21)16-4-6-17(22)7-5-16/h4-9,14H,3,10-13H2,1-2H3,(H,23,24). The molecule has 1 aliphatic heterocycles. The van der Waals surface area contributed by atoms with Gasteiger partial charge in [0.2, 0.25) is 5.91 Å². The van der Waals surface area contributed by atoms with Gasteiger partial charge in [0.1, 0.15) is 5.75 Å². The molecule has 0 aromatic heterocycles. The van der Waals surface area contributed by atoms with Gasteiger partial charge < -0.3 is 14.8 Å². The number of hydrogen-bond donors (Lipinski definition) is 1. The molecule has 1 aliphatic rings. The third-order valence-corrected chi connectivity index (χ3v) is 5.16. The van der Waals surface area contributed by atoms with Crippen molar-refractivity contribution in [2.24, 2.45) is 0 Å². The Morgan fingerprint density at radius 3 is 2.50 bits per heavy atom. The molecule has 0 spiro atoms. The maximum absolute atomic E-state index is 13.3. The van der Waals surface area contributed by atoms with Crippen molar-refractivity contribution in [3.8, 4) is 5.75 Å². The Morgan fingerprint density at radius 2 is 1.88 bits per heavy atom. The molecule has 0 bridgehead atoms. The summed E-state index contributed by atoms with van der Waals surface area (Å²) in [5.74, 6) is 0.829. The normalized spacial score (nSPS) is 16.1. The van der Waals surface area contributed by atoms with Crippen molar-refractivity contribution >= 4 is 23.2 Å². The average molecular weight is 374 g/mol. The first kappa shape index (κ1) is 18.7. The van der Waals surface area contributed by atoms with Crippen LogP contribution in [0.4, 0.5) is 5.69 Å². The summed E-state index contributed by atoms with van der Waals surface area (Å²) in [7, 11) is 0. The van der Waals surface area contributed by atoms with Gasteiger partial charge in [-0.1, -0.05) is 23.7 Å². The number of anilines is 1. The van der Waals surface area contributed by atoms with E-state index in [0.717, 1.165) is 22.6 Å². The molecule has 3 rings (SSSR count). The Hall–Kier alpha value is -2.04. The van der Waals surface area contributed by atoms with Gasteiger partial charge in [-0.25, -0.2) is 0 Å². The molecule has 1 amide bonds. The van der Waals surface area contributed by atoms with Gasteiger partial charge in [-0.05, 0) is 68.1 Å². The summed E-state index contributed by atoms with van der Waals surface area (Å²) < 4.78 is 11.1. The summed E-state index contributed by atoms with van der Waals surface area (Å²) in [6, 6.07) is 13.3. The van der Waals surface area contributed by atoms with Gasteiger partial charge in [-0.3, -0.25) is 4.79 Å². The Balaban J connectivity index is 1.86. The molecule has 2 aromatic carbocycles. The molecule has 138 valence electrons. The third kappa shape index (κ3) is 3.87. The molecule has 5 heteroatoms. The zero-order valence-corrected chi connectivity index (χ0v) is 15.9. The minimum Gasteiger partial charge on any atom is -0.494 e. The van der Waals surface area contributed by atoms with E-state index >= 15 is 0 Å². The number of nitrogens with one attached hydrogen (secondary N) is 1. The molecule has 1 heterocycles. The van der Waals surface area contributed by atoms with Crippen molar-refractivity contribution in [1.29, 1.82) is 0 Å². The molecule has 0 radical (unpaired) electrons. The number of carbonyl (C=O) groups is 1. The van der Waals surface area contributed by atoms with Crippen LogP contribution in [0, 0.1) is 6.92 Å². The molecule has 1 saturated heterocycles. The van der Waals surface area contributed by atoms with Crippen LogP contribution in [-0.4, -0.2) is 25.7 Å². The largest absolute Gasteiger partial charge is 0.494 e. The van der Waals surface area contributed by atoms with E-state index < -0.39 is 5.41 Å². The molecule has 0 atom stereocenters. The van der Waals surface area contributed by atoms with Crippen LogP contribution < -0.4 is 10.1 Å². The second-order valence-electron chi connectivity index (χ2n) is 6.57. The second kappa shape index (κ2) is 8.11. The van der Waals surface area contributed by atoms with Crippen LogP contribution in [0.3, 0.4) is 0 Å². The van der Waals surface area contributed by atoms with Crippen molar-refractivity contribution < 1.29 is 14.3 Å². The van der Waals surface area contributed by atoms with E-state index in [-0.39, 0.29) is 5.91 Å². The lowest BCUT2D eigenvalue weighted by Gasteiger charge is -2.36. The Morgan fingerprint density at radius 1 is 1.19 bits per heavy atom. The fourth-order valence-electron chi connectivity index (χ4n) is 3.43. The summed E-state index contributed by atoms with van der Waals surface area (Å²) >= 11 is 6.03. The number of aryl methyl sites for hydroxylation is 1. The molecule has 0 saturated carbocycles. The lowest BCUT2D eigenvalue weighted by molar-refractivity contribution is -0.125. The topological polar surface area (TPSA) is 47.6 Å². The Labute approximate surface area is 159 Å². The first-order chi connectivity index (χ1) is 12.5. The summed E-state index contributed by atoms with van der Waals surface area (Å²) in [6.45, 7) is 5.68. The van der Waals surface area contributed by atoms with Gasteiger partial charge in [-0.2, -0.15) is 0 Å². The van der Waals surface area contributed by atoms with Crippen molar-refractivity contribution in [2.45, 2.75) is 32.1 Å². The summed E-state index contributed by atoms with van der Waals surface area (Å²) in [5.41, 5.74) is 2.15. The van der Waals surface area contributed by atoms with Crippen molar-refractivity contribution in [3.63, 3.8) is 0 Å². The van der Waals surface area contributed by atoms with Crippen LogP contribution >= 0.6 is 11.6 Å². The second-order valence-corrected chi connectivity index (χ2v) is 7.01. The average Bonchev–Trinajstić information content (AvgIpc) is 2.65. The molecule has 26 heavy (non-hydrogen) atoms. The highest BCUT2D eigenvalue weighted by atomic mass is 35.5. The van der Waals surface area contributed by atoms with Gasteiger partial charge >= 0.3 is 0 Å². The van der Waals surface area contributed by atoms with E-state index in [4.69, 9.17) is 21.1 Å². The maximum atomic E-state index is 13.3. The molecule has 1 N–H and O–H groups in total. The minimum absolute atomic E-state index is 0.00770. The van der Waals surface area contributed by atoms with Gasteiger partial charge in [0.15, 0.2) is 0 Å². The first-order valence-corrected chi connectivity index (χ1v) is 9.31. The predicted octanol–water partition coefficient (Wildman–Crippen LogP) is 4.73. The van der Waals surface area contributed by atoms with E-state index in [2.05, 4.69) is 5.32 Å². The number of carbonyl (C=O) groups excluding carboxylic acids is 1. The lowest BCUT2D eigenvalue weighted by Crippen LogP contribution is -2.44. The number of hydrogen-bond acceptors (Lipinski definition) is 3. The quantitative estimate of drug-likeness (QED) is 0.823. The van der Waals surface area contributed by atoms with Gasteiger partial charge in [0.05, 0.1) is 12.0 Å². The molecule has 2 aromatic rings. The SMILES string of the molecule is CCOc1ccc(NC(=O)C2(c3ccc(Cl)cc3)CCOCC2)cc1C. The molecule has 0 unspecified atom stereocenters. The molecule has 1 fully saturated rings. The first-order valence-electron chi connectivity index (χ1n) is 8.94. The fraction of sp³-hybridized carbons (Fsp3) is 0.381. The van der Waals surface area contributed by atoms with Crippen LogP contribution in [0.1, 0.15) is 30.9 Å². The van der Waals surface area contributed by atoms with Crippen LogP contribution in [0.2, 0.25) is 5.02 Å². The van der Waals surface area contributed by atoms with Crippen LogP contribution in [-0.2, 0) is 14.9 Å². The van der Waals surface area contributed by atoms with Gasteiger partial charge in [0.25, 0.3) is 0 Å². The number of benzene rings is 2. The fourth-order valence-corrected chi connectivity index (χ4v) is 3.56. The highest BCUT2D eigenvalue weighted by molar-refractivity contribution is 6.30. The van der Waals surface area contributed by atoms with Crippen LogP contribution in [0.5, 0.6) is 5.75 Å². The smallest absolute Gasteiger partial charge is 0.235 e. The number of halogens is 1. The number of ether oxygens (including phenoxy) is 2. The maximum Gasteiger partial charge on any atom is 0.235 e. The zero-order chi connectivity index (χ0) is 18.6. The van der Waals surface area contributed by atoms with E-state index in [0.29, 0.717) is 37.7 Å². The van der Waals surface area contributed by atoms with Crippen molar-refractivity contribution in [3.05, 3.63) is 58.6 Å². The minimum atomic E-state index is -0.602. The van der Waals surface area contributed by atoms with E-state index in [1.807, 2.05) is 56.3 Å². The highest BCUT2D eigenvalue weighted by Crippen LogP contribution is 2.37. The third-order valence-electron chi connectivity index (χ3n) is 4.91. The monoisotopic (exact) mass is 373 g/mol. The molecular weight excluding hydrogens is 350 g/mol. The van der Waals surface area contributed by atoms with Crippen molar-refractivity contribution in [2.75, 3.05) is 25.1 Å².